The fraction of sp³-hybridized carbons (Fsp3) is 0.529. The Bertz CT molecular complexity index is 628. The van der Waals surface area contributed by atoms with Crippen molar-refractivity contribution in [3.8, 4) is 0 Å². The Balaban J connectivity index is 1.61. The van der Waals surface area contributed by atoms with Crippen LogP contribution in [0.15, 0.2) is 34.9 Å². The number of rotatable bonds is 4. The zero-order valence-electron chi connectivity index (χ0n) is 12.8. The molecule has 0 aliphatic carbocycles. The molecule has 22 heavy (non-hydrogen) atoms. The van der Waals surface area contributed by atoms with Gasteiger partial charge in [0.25, 0.3) is 5.89 Å². The fourth-order valence-corrected chi connectivity index (χ4v) is 4.05. The average Bonchev–Trinajstić information content (AvgIpc) is 3.24. The van der Waals surface area contributed by atoms with Gasteiger partial charge >= 0.3 is 0 Å². The van der Waals surface area contributed by atoms with Gasteiger partial charge in [-0.2, -0.15) is 4.98 Å². The Hall–Kier alpha value is -1.72. The molecule has 1 aromatic carbocycles. The van der Waals surface area contributed by atoms with E-state index in [9.17, 15) is 0 Å². The molecule has 5 nitrogen and oxygen atoms in total. The van der Waals surface area contributed by atoms with Crippen molar-refractivity contribution in [3.63, 3.8) is 0 Å². The molecule has 4 rings (SSSR count). The molecule has 2 aliphatic heterocycles. The molecule has 0 bridgehead atoms. The van der Waals surface area contributed by atoms with Gasteiger partial charge in [-0.15, -0.1) is 0 Å². The molecule has 3 atom stereocenters. The largest absolute Gasteiger partial charge is 0.375 e. The molecule has 0 unspecified atom stereocenters. The Morgan fingerprint density at radius 3 is 3.00 bits per heavy atom. The van der Waals surface area contributed by atoms with Gasteiger partial charge < -0.3 is 9.26 Å². The molecule has 2 aliphatic rings. The van der Waals surface area contributed by atoms with Crippen LogP contribution in [-0.2, 0) is 11.3 Å². The minimum absolute atomic E-state index is 0.363. The van der Waals surface area contributed by atoms with Crippen LogP contribution in [0.25, 0.3) is 0 Å². The Morgan fingerprint density at radius 1 is 1.32 bits per heavy atom. The Labute approximate surface area is 130 Å². The van der Waals surface area contributed by atoms with E-state index >= 15 is 0 Å². The zero-order chi connectivity index (χ0) is 14.9. The van der Waals surface area contributed by atoms with Crippen molar-refractivity contribution >= 4 is 0 Å². The summed E-state index contributed by atoms with van der Waals surface area (Å²) in [5, 5.41) is 4.21. The van der Waals surface area contributed by atoms with E-state index in [1.54, 1.807) is 7.11 Å². The summed E-state index contributed by atoms with van der Waals surface area (Å²) < 4.78 is 10.4. The summed E-state index contributed by atoms with van der Waals surface area (Å²) in [5.74, 6) is 1.79. The number of nitrogens with zero attached hydrogens (tertiary/aromatic N) is 3. The third-order valence-corrected chi connectivity index (χ3v) is 4.95. The lowest BCUT2D eigenvalue weighted by Gasteiger charge is -2.24. The third kappa shape index (κ3) is 2.34. The van der Waals surface area contributed by atoms with E-state index in [0.717, 1.165) is 12.2 Å². The predicted molar refractivity (Wildman–Crippen MR) is 81.3 cm³/mol. The fourth-order valence-electron chi connectivity index (χ4n) is 4.05. The highest BCUT2D eigenvalue weighted by Crippen LogP contribution is 2.48. The van der Waals surface area contributed by atoms with Gasteiger partial charge in [0.2, 0.25) is 0 Å². The van der Waals surface area contributed by atoms with Gasteiger partial charge in [0.15, 0.2) is 5.82 Å². The van der Waals surface area contributed by atoms with E-state index in [0.29, 0.717) is 30.5 Å². The van der Waals surface area contributed by atoms with Crippen LogP contribution in [-0.4, -0.2) is 34.7 Å². The topological polar surface area (TPSA) is 51.4 Å². The summed E-state index contributed by atoms with van der Waals surface area (Å²) in [6, 6.07) is 11.8. The van der Waals surface area contributed by atoms with Gasteiger partial charge in [0, 0.05) is 25.1 Å². The molecular formula is C17H21N3O2. The first-order valence-electron chi connectivity index (χ1n) is 7.99. The van der Waals surface area contributed by atoms with E-state index < -0.39 is 0 Å². The van der Waals surface area contributed by atoms with Gasteiger partial charge in [0.1, 0.15) is 6.61 Å². The van der Waals surface area contributed by atoms with Crippen molar-refractivity contribution in [2.45, 2.75) is 43.9 Å². The van der Waals surface area contributed by atoms with Crippen LogP contribution in [0, 0.1) is 0 Å². The van der Waals surface area contributed by atoms with Gasteiger partial charge in [-0.05, 0) is 31.4 Å². The normalized spacial score (nSPS) is 28.1. The smallest absolute Gasteiger partial charge is 0.252 e. The van der Waals surface area contributed by atoms with E-state index in [4.69, 9.17) is 9.26 Å². The molecule has 0 N–H and O–H groups in total. The minimum atomic E-state index is 0.363. The number of aromatic nitrogens is 2. The maximum absolute atomic E-state index is 5.30. The molecule has 0 radical (unpaired) electrons. The lowest BCUT2D eigenvalue weighted by atomic mass is 9.94. The van der Waals surface area contributed by atoms with Gasteiger partial charge in [-0.25, -0.2) is 0 Å². The highest BCUT2D eigenvalue weighted by molar-refractivity contribution is 5.24. The molecule has 2 aromatic rings. The van der Waals surface area contributed by atoms with Crippen LogP contribution in [0.4, 0.5) is 0 Å². The highest BCUT2D eigenvalue weighted by Gasteiger charge is 2.46. The number of benzene rings is 1. The van der Waals surface area contributed by atoms with Crippen LogP contribution in [0.5, 0.6) is 0 Å². The number of hydrogen-bond donors (Lipinski definition) is 0. The van der Waals surface area contributed by atoms with Crippen molar-refractivity contribution in [3.05, 3.63) is 47.6 Å². The zero-order valence-corrected chi connectivity index (χ0v) is 12.8. The van der Waals surface area contributed by atoms with Gasteiger partial charge in [-0.1, -0.05) is 35.5 Å². The molecular weight excluding hydrogens is 278 g/mol. The number of ether oxygens (including phenoxy) is 1. The van der Waals surface area contributed by atoms with E-state index in [1.165, 1.54) is 24.9 Å². The summed E-state index contributed by atoms with van der Waals surface area (Å²) in [4.78, 5) is 7.17. The van der Waals surface area contributed by atoms with Crippen LogP contribution in [0.1, 0.15) is 48.5 Å². The third-order valence-electron chi connectivity index (χ3n) is 4.95. The first-order valence-corrected chi connectivity index (χ1v) is 7.99. The van der Waals surface area contributed by atoms with E-state index in [1.807, 2.05) is 0 Å². The molecule has 2 saturated heterocycles. The van der Waals surface area contributed by atoms with Crippen LogP contribution in [0.3, 0.4) is 0 Å². The highest BCUT2D eigenvalue weighted by atomic mass is 16.5. The standard InChI is InChI=1S/C17H21N3O2/c1-21-11-16-18-17(19-22-16)13-10-15(12-6-3-2-4-7-12)20-9-5-8-14(13)20/h2-4,6-7,13-15H,5,8-11H2,1H3/t13-,14+,15-/m1/s1. The average molecular weight is 299 g/mol. The summed E-state index contributed by atoms with van der Waals surface area (Å²) in [6.45, 7) is 1.56. The number of methoxy groups -OCH3 is 1. The monoisotopic (exact) mass is 299 g/mol. The predicted octanol–water partition coefficient (Wildman–Crippen LogP) is 2.91. The minimum Gasteiger partial charge on any atom is -0.375 e. The maximum Gasteiger partial charge on any atom is 0.252 e. The Morgan fingerprint density at radius 2 is 2.18 bits per heavy atom. The van der Waals surface area contributed by atoms with Crippen molar-refractivity contribution in [2.24, 2.45) is 0 Å². The second kappa shape index (κ2) is 5.82. The first kappa shape index (κ1) is 13.9. The second-order valence-corrected chi connectivity index (χ2v) is 6.20. The maximum atomic E-state index is 5.30. The number of fused-ring (bicyclic) bond motifs is 1. The van der Waals surface area contributed by atoms with Crippen molar-refractivity contribution in [1.82, 2.24) is 15.0 Å². The van der Waals surface area contributed by atoms with Crippen molar-refractivity contribution in [2.75, 3.05) is 13.7 Å². The summed E-state index contributed by atoms with van der Waals surface area (Å²) in [7, 11) is 1.64. The van der Waals surface area contributed by atoms with E-state index in [-0.39, 0.29) is 0 Å². The molecule has 1 aromatic heterocycles. The second-order valence-electron chi connectivity index (χ2n) is 6.20. The Kier molecular flexibility index (Phi) is 3.68. The van der Waals surface area contributed by atoms with Crippen molar-refractivity contribution < 1.29 is 9.26 Å². The quantitative estimate of drug-likeness (QED) is 0.869. The molecule has 5 heteroatoms. The summed E-state index contributed by atoms with van der Waals surface area (Å²) in [6.07, 6.45) is 3.55. The van der Waals surface area contributed by atoms with E-state index in [2.05, 4.69) is 45.4 Å². The summed E-state index contributed by atoms with van der Waals surface area (Å²) >= 11 is 0. The number of hydrogen-bond acceptors (Lipinski definition) is 5. The van der Waals surface area contributed by atoms with Crippen LogP contribution >= 0.6 is 0 Å². The first-order chi connectivity index (χ1) is 10.9. The molecule has 0 spiro atoms. The molecule has 2 fully saturated rings. The van der Waals surface area contributed by atoms with Gasteiger partial charge in [-0.3, -0.25) is 4.90 Å². The molecule has 0 amide bonds. The molecule has 116 valence electrons. The molecule has 0 saturated carbocycles. The lowest BCUT2D eigenvalue weighted by Crippen LogP contribution is -2.27. The lowest BCUT2D eigenvalue weighted by molar-refractivity contribution is 0.151. The SMILES string of the molecule is COCc1nc([C@@H]2C[C@H](c3ccccc3)N3CCC[C@@H]23)no1. The van der Waals surface area contributed by atoms with Crippen LogP contribution in [0.2, 0.25) is 0 Å². The van der Waals surface area contributed by atoms with Gasteiger partial charge in [0.05, 0.1) is 0 Å². The summed E-state index contributed by atoms with van der Waals surface area (Å²) in [5.41, 5.74) is 1.40. The van der Waals surface area contributed by atoms with Crippen molar-refractivity contribution in [1.29, 1.82) is 0 Å². The van der Waals surface area contributed by atoms with Crippen LogP contribution < -0.4 is 0 Å². The molecule has 3 heterocycles.